The number of hydrogen-bond donors (Lipinski definition) is 2. The normalized spacial score (nSPS) is 17.6. The standard InChI is InChI=1S/C24H32N4O3/c29-24-28(14-16-31-24)21-10-8-20(9-11-21)18-27-23(25-13-12-22-7-4-15-30-22)26-17-19-5-2-1-3-6-19/h4,7-11,15,19H,1-3,5-6,12-14,16-18H2,(H2,25,26,27). The van der Waals surface area contributed by atoms with E-state index >= 15 is 0 Å². The van der Waals surface area contributed by atoms with Gasteiger partial charge in [-0.05, 0) is 48.6 Å². The minimum absolute atomic E-state index is 0.277. The molecule has 2 fully saturated rings. The predicted molar refractivity (Wildman–Crippen MR) is 121 cm³/mol. The number of carbonyl (C=O) groups excluding carboxylic acids is 1. The molecule has 1 aliphatic heterocycles. The van der Waals surface area contributed by atoms with Gasteiger partial charge in [0.05, 0.1) is 19.4 Å². The molecule has 2 aromatic rings. The first kappa shape index (κ1) is 21.3. The van der Waals surface area contributed by atoms with Crippen LogP contribution in [-0.2, 0) is 17.7 Å². The number of amides is 1. The van der Waals surface area contributed by atoms with Gasteiger partial charge in [-0.25, -0.2) is 9.79 Å². The van der Waals surface area contributed by atoms with Gasteiger partial charge in [-0.1, -0.05) is 31.4 Å². The van der Waals surface area contributed by atoms with E-state index in [1.54, 1.807) is 11.2 Å². The summed E-state index contributed by atoms with van der Waals surface area (Å²) >= 11 is 0. The summed E-state index contributed by atoms with van der Waals surface area (Å²) in [6.07, 6.45) is 8.88. The summed E-state index contributed by atoms with van der Waals surface area (Å²) in [5.74, 6) is 2.53. The SMILES string of the molecule is O=C1OCCN1c1ccc(CN=C(NCCc2ccco2)NCC2CCCCC2)cc1. The molecule has 1 saturated carbocycles. The topological polar surface area (TPSA) is 79.1 Å². The second-order valence-corrected chi connectivity index (χ2v) is 8.24. The molecule has 1 aromatic carbocycles. The quantitative estimate of drug-likeness (QED) is 0.493. The lowest BCUT2D eigenvalue weighted by atomic mass is 9.89. The third kappa shape index (κ3) is 6.26. The van der Waals surface area contributed by atoms with Gasteiger partial charge in [0, 0.05) is 25.2 Å². The lowest BCUT2D eigenvalue weighted by Crippen LogP contribution is -2.41. The van der Waals surface area contributed by atoms with Crippen LogP contribution in [0.3, 0.4) is 0 Å². The van der Waals surface area contributed by atoms with Gasteiger partial charge in [-0.15, -0.1) is 0 Å². The summed E-state index contributed by atoms with van der Waals surface area (Å²) in [7, 11) is 0. The van der Waals surface area contributed by atoms with E-state index in [-0.39, 0.29) is 6.09 Å². The van der Waals surface area contributed by atoms with Crippen molar-refractivity contribution in [3.05, 3.63) is 54.0 Å². The second kappa shape index (κ2) is 10.9. The van der Waals surface area contributed by atoms with Crippen molar-refractivity contribution in [2.24, 2.45) is 10.9 Å². The van der Waals surface area contributed by atoms with E-state index in [1.807, 2.05) is 36.4 Å². The zero-order chi connectivity index (χ0) is 21.3. The molecule has 166 valence electrons. The van der Waals surface area contributed by atoms with Crippen LogP contribution in [0, 0.1) is 5.92 Å². The van der Waals surface area contributed by atoms with Crippen LogP contribution < -0.4 is 15.5 Å². The number of guanidine groups is 1. The summed E-state index contributed by atoms with van der Waals surface area (Å²) in [5, 5.41) is 6.98. The molecule has 2 aliphatic rings. The Kier molecular flexibility index (Phi) is 7.47. The second-order valence-electron chi connectivity index (χ2n) is 8.24. The number of hydrogen-bond acceptors (Lipinski definition) is 4. The Morgan fingerprint density at radius 1 is 1.10 bits per heavy atom. The third-order valence-corrected chi connectivity index (χ3v) is 5.96. The highest BCUT2D eigenvalue weighted by atomic mass is 16.6. The molecule has 0 atom stereocenters. The molecule has 0 bridgehead atoms. The third-order valence-electron chi connectivity index (χ3n) is 5.96. The van der Waals surface area contributed by atoms with E-state index in [1.165, 1.54) is 32.1 Å². The highest BCUT2D eigenvalue weighted by Crippen LogP contribution is 2.23. The van der Waals surface area contributed by atoms with Gasteiger partial charge in [0.1, 0.15) is 12.4 Å². The van der Waals surface area contributed by atoms with Crippen LogP contribution in [0.15, 0.2) is 52.1 Å². The summed E-state index contributed by atoms with van der Waals surface area (Å²) in [6, 6.07) is 11.9. The van der Waals surface area contributed by atoms with Gasteiger partial charge in [-0.2, -0.15) is 0 Å². The molecule has 0 unspecified atom stereocenters. The van der Waals surface area contributed by atoms with E-state index in [4.69, 9.17) is 14.1 Å². The van der Waals surface area contributed by atoms with Gasteiger partial charge in [0.25, 0.3) is 0 Å². The number of cyclic esters (lactones) is 1. The molecule has 2 N–H and O–H groups in total. The molecule has 1 aromatic heterocycles. The van der Waals surface area contributed by atoms with Crippen molar-refractivity contribution in [3.63, 3.8) is 0 Å². The maximum absolute atomic E-state index is 11.7. The van der Waals surface area contributed by atoms with Crippen LogP contribution in [0.25, 0.3) is 0 Å². The van der Waals surface area contributed by atoms with E-state index in [2.05, 4.69) is 10.6 Å². The summed E-state index contributed by atoms with van der Waals surface area (Å²) in [5.41, 5.74) is 1.96. The molecule has 1 aliphatic carbocycles. The Bertz CT molecular complexity index is 842. The van der Waals surface area contributed by atoms with Gasteiger partial charge in [0.2, 0.25) is 0 Å². The number of benzene rings is 1. The molecule has 0 radical (unpaired) electrons. The number of carbonyl (C=O) groups is 1. The molecule has 0 spiro atoms. The maximum Gasteiger partial charge on any atom is 0.414 e. The van der Waals surface area contributed by atoms with Crippen molar-refractivity contribution in [2.75, 3.05) is 31.1 Å². The highest BCUT2D eigenvalue weighted by molar-refractivity contribution is 5.89. The van der Waals surface area contributed by atoms with E-state index < -0.39 is 0 Å². The Labute approximate surface area is 183 Å². The summed E-state index contributed by atoms with van der Waals surface area (Å²) < 4.78 is 10.4. The summed E-state index contributed by atoms with van der Waals surface area (Å²) in [4.78, 5) is 18.2. The number of ether oxygens (including phenoxy) is 1. The lowest BCUT2D eigenvalue weighted by Gasteiger charge is -2.23. The molecular formula is C24H32N4O3. The fourth-order valence-corrected chi connectivity index (χ4v) is 4.15. The van der Waals surface area contributed by atoms with Crippen molar-refractivity contribution >= 4 is 17.7 Å². The molecule has 7 nitrogen and oxygen atoms in total. The van der Waals surface area contributed by atoms with Crippen LogP contribution in [-0.4, -0.2) is 38.3 Å². The van der Waals surface area contributed by atoms with E-state index in [0.717, 1.165) is 48.4 Å². The number of nitrogens with one attached hydrogen (secondary N) is 2. The van der Waals surface area contributed by atoms with Crippen LogP contribution >= 0.6 is 0 Å². The predicted octanol–water partition coefficient (Wildman–Crippen LogP) is 4.09. The van der Waals surface area contributed by atoms with Crippen molar-refractivity contribution in [1.29, 1.82) is 0 Å². The number of anilines is 1. The molecule has 1 saturated heterocycles. The monoisotopic (exact) mass is 424 g/mol. The van der Waals surface area contributed by atoms with Crippen LogP contribution in [0.4, 0.5) is 10.5 Å². The first-order valence-corrected chi connectivity index (χ1v) is 11.4. The first-order chi connectivity index (χ1) is 15.3. The van der Waals surface area contributed by atoms with Gasteiger partial charge < -0.3 is 19.8 Å². The average molecular weight is 425 g/mol. The Morgan fingerprint density at radius 2 is 1.94 bits per heavy atom. The molecule has 1 amide bonds. The van der Waals surface area contributed by atoms with Gasteiger partial charge in [0.15, 0.2) is 5.96 Å². The fourth-order valence-electron chi connectivity index (χ4n) is 4.15. The average Bonchev–Trinajstić information content (AvgIpc) is 3.48. The molecule has 31 heavy (non-hydrogen) atoms. The van der Waals surface area contributed by atoms with Crippen LogP contribution in [0.5, 0.6) is 0 Å². The number of nitrogens with zero attached hydrogens (tertiary/aromatic N) is 2. The largest absolute Gasteiger partial charge is 0.469 e. The van der Waals surface area contributed by atoms with Gasteiger partial charge in [-0.3, -0.25) is 4.90 Å². The zero-order valence-corrected chi connectivity index (χ0v) is 18.0. The number of rotatable bonds is 8. The molecule has 7 heteroatoms. The molecule has 2 heterocycles. The Hall–Kier alpha value is -2.96. The smallest absolute Gasteiger partial charge is 0.414 e. The Morgan fingerprint density at radius 3 is 2.65 bits per heavy atom. The van der Waals surface area contributed by atoms with Crippen LogP contribution in [0.1, 0.15) is 43.4 Å². The van der Waals surface area contributed by atoms with Crippen molar-refractivity contribution in [3.8, 4) is 0 Å². The minimum atomic E-state index is -0.277. The van der Waals surface area contributed by atoms with Crippen molar-refractivity contribution in [1.82, 2.24) is 10.6 Å². The fraction of sp³-hybridized carbons (Fsp3) is 0.500. The number of aliphatic imine (C=N–C) groups is 1. The minimum Gasteiger partial charge on any atom is -0.469 e. The lowest BCUT2D eigenvalue weighted by molar-refractivity contribution is 0.181. The Balaban J connectivity index is 1.33. The highest BCUT2D eigenvalue weighted by Gasteiger charge is 2.23. The molecular weight excluding hydrogens is 392 g/mol. The zero-order valence-electron chi connectivity index (χ0n) is 18.0. The summed E-state index contributed by atoms with van der Waals surface area (Å²) in [6.45, 7) is 3.35. The van der Waals surface area contributed by atoms with Crippen molar-refractivity contribution < 1.29 is 13.9 Å². The first-order valence-electron chi connectivity index (χ1n) is 11.4. The van der Waals surface area contributed by atoms with Gasteiger partial charge >= 0.3 is 6.09 Å². The van der Waals surface area contributed by atoms with Crippen molar-refractivity contribution in [2.45, 2.75) is 45.1 Å². The van der Waals surface area contributed by atoms with E-state index in [0.29, 0.717) is 19.7 Å². The van der Waals surface area contributed by atoms with Crippen LogP contribution in [0.2, 0.25) is 0 Å². The molecule has 4 rings (SSSR count). The maximum atomic E-state index is 11.7. The van der Waals surface area contributed by atoms with E-state index in [9.17, 15) is 4.79 Å². The number of furan rings is 1.